The summed E-state index contributed by atoms with van der Waals surface area (Å²) in [6, 6.07) is 4.16. The molecule has 1 fully saturated rings. The highest BCUT2D eigenvalue weighted by atomic mass is 79.9. The smallest absolute Gasteiger partial charge is 0.134 e. The molecule has 0 aromatic heterocycles. The Hall–Kier alpha value is -1.07. The number of rotatable bonds is 3. The Morgan fingerprint density at radius 3 is 2.71 bits per heavy atom. The molecule has 2 heteroatoms. The van der Waals surface area contributed by atoms with Crippen molar-refractivity contribution in [1.82, 2.24) is 0 Å². The monoisotopic (exact) mass is 290 g/mol. The van der Waals surface area contributed by atoms with Crippen LogP contribution in [0.25, 0.3) is 0 Å². The second kappa shape index (κ2) is 5.06. The number of ketones is 1. The number of carbonyl (C=O) groups excluding carboxylic acids is 1. The Balaban J connectivity index is 2.47. The lowest BCUT2D eigenvalue weighted by Crippen LogP contribution is -2.02. The number of carbonyl (C=O) groups is 1. The van der Waals surface area contributed by atoms with Gasteiger partial charge in [-0.15, -0.1) is 5.92 Å². The molecule has 0 N–H and O–H groups in total. The van der Waals surface area contributed by atoms with E-state index in [-0.39, 0.29) is 5.78 Å². The largest absolute Gasteiger partial charge is 0.300 e. The summed E-state index contributed by atoms with van der Waals surface area (Å²) < 4.78 is 1.02. The molecule has 0 spiro atoms. The summed E-state index contributed by atoms with van der Waals surface area (Å²) in [5.74, 6) is 6.86. The molecule has 1 nitrogen and oxygen atoms in total. The highest BCUT2D eigenvalue weighted by Crippen LogP contribution is 2.43. The highest BCUT2D eigenvalue weighted by Gasteiger charge is 2.27. The Morgan fingerprint density at radius 2 is 2.18 bits per heavy atom. The van der Waals surface area contributed by atoms with E-state index in [4.69, 9.17) is 0 Å². The maximum Gasteiger partial charge on any atom is 0.134 e. The van der Waals surface area contributed by atoms with Crippen LogP contribution in [0.5, 0.6) is 0 Å². The summed E-state index contributed by atoms with van der Waals surface area (Å²) in [5, 5.41) is 0. The minimum atomic E-state index is 0.210. The van der Waals surface area contributed by atoms with Gasteiger partial charge in [0.2, 0.25) is 0 Å². The molecule has 0 bridgehead atoms. The van der Waals surface area contributed by atoms with E-state index in [1.807, 2.05) is 13.0 Å². The molecule has 1 aromatic rings. The minimum absolute atomic E-state index is 0.210. The van der Waals surface area contributed by atoms with Crippen LogP contribution in [-0.2, 0) is 11.2 Å². The van der Waals surface area contributed by atoms with Crippen molar-refractivity contribution in [3.63, 3.8) is 0 Å². The van der Waals surface area contributed by atoms with Crippen LogP contribution < -0.4 is 0 Å². The molecular weight excluding hydrogens is 276 g/mol. The van der Waals surface area contributed by atoms with Gasteiger partial charge in [-0.2, -0.15) is 0 Å². The van der Waals surface area contributed by atoms with Crippen LogP contribution in [0.1, 0.15) is 49.3 Å². The molecule has 1 saturated carbocycles. The fourth-order valence-corrected chi connectivity index (χ4v) is 2.68. The topological polar surface area (TPSA) is 17.1 Å². The lowest BCUT2D eigenvalue weighted by molar-refractivity contribution is -0.116. The first-order valence-corrected chi connectivity index (χ1v) is 6.65. The molecular formula is C15H15BrO. The summed E-state index contributed by atoms with van der Waals surface area (Å²) in [7, 11) is 0. The molecule has 0 radical (unpaired) electrons. The van der Waals surface area contributed by atoms with E-state index in [1.54, 1.807) is 6.92 Å². The Morgan fingerprint density at radius 1 is 1.47 bits per heavy atom. The molecule has 0 heterocycles. The molecule has 0 aliphatic heterocycles. The standard InChI is InChI=1S/C15H15BrO/c1-3-4-11-8-13(12-5-6-12)14(7-10(2)17)15(16)9-11/h8-9,12H,5-7H2,1-2H3. The van der Waals surface area contributed by atoms with Crippen LogP contribution in [0.15, 0.2) is 16.6 Å². The van der Waals surface area contributed by atoms with Crippen LogP contribution in [0.3, 0.4) is 0 Å². The molecule has 0 saturated heterocycles. The molecule has 0 amide bonds. The number of benzene rings is 1. The van der Waals surface area contributed by atoms with E-state index >= 15 is 0 Å². The van der Waals surface area contributed by atoms with Crippen LogP contribution in [0.2, 0.25) is 0 Å². The number of hydrogen-bond donors (Lipinski definition) is 0. The Bertz CT molecular complexity index is 516. The second-order valence-electron chi connectivity index (χ2n) is 4.55. The molecule has 2 rings (SSSR count). The van der Waals surface area contributed by atoms with Crippen LogP contribution in [0.4, 0.5) is 0 Å². The first-order chi connectivity index (χ1) is 8.11. The van der Waals surface area contributed by atoms with Gasteiger partial charge in [-0.1, -0.05) is 21.9 Å². The SMILES string of the molecule is CC#Cc1cc(Br)c(CC(C)=O)c(C2CC2)c1. The van der Waals surface area contributed by atoms with Crippen molar-refractivity contribution in [3.8, 4) is 11.8 Å². The third-order valence-electron chi connectivity index (χ3n) is 2.94. The lowest BCUT2D eigenvalue weighted by Gasteiger charge is -2.11. The van der Waals surface area contributed by atoms with E-state index in [2.05, 4.69) is 33.8 Å². The van der Waals surface area contributed by atoms with Crippen molar-refractivity contribution in [2.45, 2.75) is 39.0 Å². The van der Waals surface area contributed by atoms with Gasteiger partial charge in [0.05, 0.1) is 0 Å². The van der Waals surface area contributed by atoms with Gasteiger partial charge in [-0.05, 0) is 55.9 Å². The van der Waals surface area contributed by atoms with Gasteiger partial charge in [-0.25, -0.2) is 0 Å². The van der Waals surface area contributed by atoms with Crippen LogP contribution >= 0.6 is 15.9 Å². The fraction of sp³-hybridized carbons (Fsp3) is 0.400. The van der Waals surface area contributed by atoms with E-state index in [0.29, 0.717) is 12.3 Å². The minimum Gasteiger partial charge on any atom is -0.300 e. The fourth-order valence-electron chi connectivity index (χ4n) is 2.07. The van der Waals surface area contributed by atoms with E-state index in [1.165, 1.54) is 18.4 Å². The summed E-state index contributed by atoms with van der Waals surface area (Å²) in [6.45, 7) is 3.48. The molecule has 0 atom stereocenters. The van der Waals surface area contributed by atoms with Gasteiger partial charge in [-0.3, -0.25) is 4.79 Å². The molecule has 1 aromatic carbocycles. The molecule has 1 aliphatic rings. The summed E-state index contributed by atoms with van der Waals surface area (Å²) in [6.07, 6.45) is 2.99. The van der Waals surface area contributed by atoms with Gasteiger partial charge in [0, 0.05) is 16.5 Å². The second-order valence-corrected chi connectivity index (χ2v) is 5.41. The van der Waals surface area contributed by atoms with Crippen molar-refractivity contribution in [1.29, 1.82) is 0 Å². The summed E-state index contributed by atoms with van der Waals surface area (Å²) >= 11 is 3.57. The zero-order valence-electron chi connectivity index (χ0n) is 10.1. The van der Waals surface area contributed by atoms with Gasteiger partial charge >= 0.3 is 0 Å². The number of halogens is 1. The van der Waals surface area contributed by atoms with Crippen LogP contribution in [-0.4, -0.2) is 5.78 Å². The first-order valence-electron chi connectivity index (χ1n) is 5.86. The maximum absolute atomic E-state index is 11.3. The van der Waals surface area contributed by atoms with Crippen molar-refractivity contribution < 1.29 is 4.79 Å². The van der Waals surface area contributed by atoms with Crippen molar-refractivity contribution >= 4 is 21.7 Å². The van der Waals surface area contributed by atoms with Gasteiger partial charge < -0.3 is 0 Å². The van der Waals surface area contributed by atoms with E-state index in [9.17, 15) is 4.79 Å². The van der Waals surface area contributed by atoms with Crippen molar-refractivity contribution in [3.05, 3.63) is 33.3 Å². The van der Waals surface area contributed by atoms with E-state index in [0.717, 1.165) is 15.6 Å². The average Bonchev–Trinajstić information content (AvgIpc) is 3.05. The lowest BCUT2D eigenvalue weighted by atomic mass is 9.97. The molecule has 1 aliphatic carbocycles. The normalized spacial score (nSPS) is 14.1. The predicted octanol–water partition coefficient (Wildman–Crippen LogP) is 3.83. The Kier molecular flexibility index (Phi) is 3.69. The summed E-state index contributed by atoms with van der Waals surface area (Å²) in [5.41, 5.74) is 3.50. The maximum atomic E-state index is 11.3. The average molecular weight is 291 g/mol. The first kappa shape index (κ1) is 12.4. The Labute approximate surface area is 111 Å². The van der Waals surface area contributed by atoms with Gasteiger partial charge in [0.25, 0.3) is 0 Å². The number of Topliss-reactive ketones (excluding diaryl/α,β-unsaturated/α-hetero) is 1. The zero-order valence-corrected chi connectivity index (χ0v) is 11.7. The summed E-state index contributed by atoms with van der Waals surface area (Å²) in [4.78, 5) is 11.3. The zero-order chi connectivity index (χ0) is 12.4. The van der Waals surface area contributed by atoms with Gasteiger partial charge in [0.1, 0.15) is 5.78 Å². The molecule has 0 unspecified atom stereocenters. The van der Waals surface area contributed by atoms with Crippen molar-refractivity contribution in [2.24, 2.45) is 0 Å². The quantitative estimate of drug-likeness (QED) is 0.774. The molecule has 88 valence electrons. The van der Waals surface area contributed by atoms with Crippen molar-refractivity contribution in [2.75, 3.05) is 0 Å². The van der Waals surface area contributed by atoms with E-state index < -0.39 is 0 Å². The van der Waals surface area contributed by atoms with Gasteiger partial charge in [0.15, 0.2) is 0 Å². The third kappa shape index (κ3) is 2.98. The predicted molar refractivity (Wildman–Crippen MR) is 73.1 cm³/mol. The van der Waals surface area contributed by atoms with Crippen LogP contribution in [0, 0.1) is 11.8 Å². The number of hydrogen-bond acceptors (Lipinski definition) is 1. The highest BCUT2D eigenvalue weighted by molar-refractivity contribution is 9.10. The third-order valence-corrected chi connectivity index (χ3v) is 3.65. The molecule has 17 heavy (non-hydrogen) atoms.